The van der Waals surface area contributed by atoms with Crippen LogP contribution in [0.3, 0.4) is 0 Å². The van der Waals surface area contributed by atoms with Crippen LogP contribution in [0.25, 0.3) is 0 Å². The second-order valence-corrected chi connectivity index (χ2v) is 10.6. The molecule has 3 N–H and O–H groups in total. The first kappa shape index (κ1) is 30.4. The molecule has 8 heteroatoms. The van der Waals surface area contributed by atoms with Gasteiger partial charge < -0.3 is 25.4 Å². The number of amides is 3. The van der Waals surface area contributed by atoms with Gasteiger partial charge >= 0.3 is 6.09 Å². The van der Waals surface area contributed by atoms with Gasteiger partial charge in [-0.2, -0.15) is 0 Å². The lowest BCUT2D eigenvalue weighted by molar-refractivity contribution is -0.143. The smallest absolute Gasteiger partial charge is 0.408 e. The van der Waals surface area contributed by atoms with Gasteiger partial charge in [0.25, 0.3) is 0 Å². The average molecular weight is 546 g/mol. The van der Waals surface area contributed by atoms with Crippen molar-refractivity contribution in [2.75, 3.05) is 13.2 Å². The van der Waals surface area contributed by atoms with Crippen molar-refractivity contribution < 1.29 is 24.2 Å². The molecule has 3 amide bonds. The Morgan fingerprint density at radius 2 is 1.45 bits per heavy atom. The summed E-state index contributed by atoms with van der Waals surface area (Å²) in [5.41, 5.74) is 2.41. The summed E-state index contributed by atoms with van der Waals surface area (Å²) >= 11 is 0. The fraction of sp³-hybridized carbons (Fsp3) is 0.344. The number of nitrogens with one attached hydrogen (secondary N) is 2. The SMILES string of the molecule is Cc1ccccc1C(C(=O)NCc1ccccc1)N(CCO)C(=O)C(Cc1ccccc1)NC(=O)OC(C)(C)C. The summed E-state index contributed by atoms with van der Waals surface area (Å²) in [5, 5.41) is 15.7. The Hall–Kier alpha value is -4.17. The Kier molecular flexibility index (Phi) is 10.8. The quantitative estimate of drug-likeness (QED) is 0.333. The summed E-state index contributed by atoms with van der Waals surface area (Å²) in [6.45, 7) is 6.88. The van der Waals surface area contributed by atoms with Gasteiger partial charge in [-0.25, -0.2) is 4.79 Å². The van der Waals surface area contributed by atoms with E-state index >= 15 is 0 Å². The Balaban J connectivity index is 1.98. The highest BCUT2D eigenvalue weighted by Gasteiger charge is 2.36. The molecule has 40 heavy (non-hydrogen) atoms. The summed E-state index contributed by atoms with van der Waals surface area (Å²) in [4.78, 5) is 42.1. The number of hydrogen-bond acceptors (Lipinski definition) is 5. The predicted octanol–water partition coefficient (Wildman–Crippen LogP) is 4.31. The molecule has 0 saturated carbocycles. The van der Waals surface area contributed by atoms with Crippen molar-refractivity contribution in [3.63, 3.8) is 0 Å². The van der Waals surface area contributed by atoms with E-state index in [2.05, 4.69) is 10.6 Å². The standard InChI is InChI=1S/C32H39N3O5/c1-23-13-11-12-18-26(23)28(29(37)33-22-25-16-9-6-10-17-25)35(19-20-36)30(38)27(21-24-14-7-5-8-15-24)34-31(39)40-32(2,3)4/h5-18,27-28,36H,19-22H2,1-4H3,(H,33,37)(H,34,39). The van der Waals surface area contributed by atoms with Crippen LogP contribution in [0, 0.1) is 6.92 Å². The average Bonchev–Trinajstić information content (AvgIpc) is 2.92. The van der Waals surface area contributed by atoms with Gasteiger partial charge in [0.2, 0.25) is 11.8 Å². The Morgan fingerprint density at radius 3 is 2.02 bits per heavy atom. The third-order valence-electron chi connectivity index (χ3n) is 6.25. The van der Waals surface area contributed by atoms with Gasteiger partial charge in [-0.05, 0) is 49.9 Å². The van der Waals surface area contributed by atoms with Crippen molar-refractivity contribution in [2.45, 2.75) is 58.3 Å². The van der Waals surface area contributed by atoms with Crippen LogP contribution in [0.4, 0.5) is 4.79 Å². The number of hydrogen-bond donors (Lipinski definition) is 3. The molecular weight excluding hydrogens is 506 g/mol. The lowest BCUT2D eigenvalue weighted by Gasteiger charge is -2.34. The van der Waals surface area contributed by atoms with Crippen molar-refractivity contribution in [1.82, 2.24) is 15.5 Å². The second kappa shape index (κ2) is 14.3. The minimum atomic E-state index is -1.04. The van der Waals surface area contributed by atoms with Gasteiger partial charge in [0.1, 0.15) is 17.7 Å². The highest BCUT2D eigenvalue weighted by atomic mass is 16.6. The molecule has 3 rings (SSSR count). The lowest BCUT2D eigenvalue weighted by Crippen LogP contribution is -2.54. The third kappa shape index (κ3) is 8.95. The van der Waals surface area contributed by atoms with Crippen LogP contribution in [0.15, 0.2) is 84.9 Å². The third-order valence-corrected chi connectivity index (χ3v) is 6.25. The molecule has 0 bridgehead atoms. The normalized spacial score (nSPS) is 12.6. The number of benzene rings is 3. The van der Waals surface area contributed by atoms with Gasteiger partial charge in [-0.1, -0.05) is 84.9 Å². The summed E-state index contributed by atoms with van der Waals surface area (Å²) in [7, 11) is 0. The van der Waals surface area contributed by atoms with E-state index in [1.165, 1.54) is 4.90 Å². The van der Waals surface area contributed by atoms with Crippen LogP contribution in [-0.2, 0) is 27.3 Å². The van der Waals surface area contributed by atoms with Crippen LogP contribution in [0.1, 0.15) is 49.1 Å². The van der Waals surface area contributed by atoms with E-state index in [1.807, 2.05) is 85.8 Å². The van der Waals surface area contributed by atoms with Gasteiger partial charge in [0, 0.05) is 19.5 Å². The molecule has 2 atom stereocenters. The summed E-state index contributed by atoms with van der Waals surface area (Å²) in [6, 6.07) is 24.0. The molecule has 0 spiro atoms. The molecule has 0 fully saturated rings. The molecular formula is C32H39N3O5. The summed E-state index contributed by atoms with van der Waals surface area (Å²) in [6.07, 6.45) is -0.570. The van der Waals surface area contributed by atoms with Crippen molar-refractivity contribution >= 4 is 17.9 Å². The van der Waals surface area contributed by atoms with Gasteiger partial charge in [0.05, 0.1) is 6.61 Å². The zero-order chi connectivity index (χ0) is 29.1. The lowest BCUT2D eigenvalue weighted by atomic mass is 9.97. The van der Waals surface area contributed by atoms with E-state index in [0.717, 1.165) is 16.7 Å². The van der Waals surface area contributed by atoms with E-state index < -0.39 is 35.6 Å². The van der Waals surface area contributed by atoms with Crippen LogP contribution in [0.2, 0.25) is 0 Å². The highest BCUT2D eigenvalue weighted by molar-refractivity contribution is 5.92. The maximum Gasteiger partial charge on any atom is 0.408 e. The highest BCUT2D eigenvalue weighted by Crippen LogP contribution is 2.26. The van der Waals surface area contributed by atoms with E-state index in [-0.39, 0.29) is 26.1 Å². The van der Waals surface area contributed by atoms with Crippen LogP contribution in [0.5, 0.6) is 0 Å². The summed E-state index contributed by atoms with van der Waals surface area (Å²) in [5.74, 6) is -0.900. The van der Waals surface area contributed by atoms with Crippen molar-refractivity contribution in [1.29, 1.82) is 0 Å². The number of carbonyl (C=O) groups is 3. The number of nitrogens with zero attached hydrogens (tertiary/aromatic N) is 1. The first-order valence-electron chi connectivity index (χ1n) is 13.4. The fourth-order valence-electron chi connectivity index (χ4n) is 4.40. The van der Waals surface area contributed by atoms with Crippen LogP contribution >= 0.6 is 0 Å². The van der Waals surface area contributed by atoms with Crippen LogP contribution < -0.4 is 10.6 Å². The zero-order valence-corrected chi connectivity index (χ0v) is 23.6. The molecule has 3 aromatic rings. The Morgan fingerprint density at radius 1 is 0.875 bits per heavy atom. The first-order valence-corrected chi connectivity index (χ1v) is 13.4. The van der Waals surface area contributed by atoms with Crippen molar-refractivity contribution in [3.8, 4) is 0 Å². The largest absolute Gasteiger partial charge is 0.444 e. The van der Waals surface area contributed by atoms with Gasteiger partial charge in [-0.3, -0.25) is 9.59 Å². The van der Waals surface area contributed by atoms with Crippen LogP contribution in [-0.4, -0.2) is 52.7 Å². The number of rotatable bonds is 11. The number of aliphatic hydroxyl groups is 1. The summed E-state index contributed by atoms with van der Waals surface area (Å²) < 4.78 is 5.45. The molecule has 212 valence electrons. The van der Waals surface area contributed by atoms with E-state index in [9.17, 15) is 19.5 Å². The Bertz CT molecular complexity index is 1260. The number of aryl methyl sites for hydroxylation is 1. The van der Waals surface area contributed by atoms with E-state index in [0.29, 0.717) is 5.56 Å². The minimum absolute atomic E-state index is 0.113. The monoisotopic (exact) mass is 545 g/mol. The fourth-order valence-corrected chi connectivity index (χ4v) is 4.40. The maximum atomic E-state index is 14.2. The van der Waals surface area contributed by atoms with Crippen molar-refractivity contribution in [3.05, 3.63) is 107 Å². The Labute approximate surface area is 236 Å². The topological polar surface area (TPSA) is 108 Å². The van der Waals surface area contributed by atoms with Gasteiger partial charge in [0.15, 0.2) is 0 Å². The minimum Gasteiger partial charge on any atom is -0.444 e. The number of aliphatic hydroxyl groups excluding tert-OH is 1. The maximum absolute atomic E-state index is 14.2. The molecule has 0 aliphatic heterocycles. The van der Waals surface area contributed by atoms with E-state index in [4.69, 9.17) is 4.74 Å². The molecule has 0 aliphatic rings. The molecule has 0 aromatic heterocycles. The van der Waals surface area contributed by atoms with Gasteiger partial charge in [-0.15, -0.1) is 0 Å². The molecule has 0 saturated heterocycles. The molecule has 0 aliphatic carbocycles. The number of carbonyl (C=O) groups excluding carboxylic acids is 3. The molecule has 8 nitrogen and oxygen atoms in total. The number of alkyl carbamates (subject to hydrolysis) is 1. The first-order chi connectivity index (χ1) is 19.1. The predicted molar refractivity (Wildman–Crippen MR) is 154 cm³/mol. The molecule has 0 radical (unpaired) electrons. The molecule has 2 unspecified atom stereocenters. The second-order valence-electron chi connectivity index (χ2n) is 10.6. The van der Waals surface area contributed by atoms with Crippen molar-refractivity contribution in [2.24, 2.45) is 0 Å². The number of ether oxygens (including phenoxy) is 1. The zero-order valence-electron chi connectivity index (χ0n) is 23.6. The molecule has 0 heterocycles. The molecule has 3 aromatic carbocycles. The van der Waals surface area contributed by atoms with E-state index in [1.54, 1.807) is 26.8 Å².